The highest BCUT2D eigenvalue weighted by atomic mass is 32.2. The van der Waals surface area contributed by atoms with Crippen LogP contribution in [0.5, 0.6) is 0 Å². The molecule has 1 N–H and O–H groups in total. The highest BCUT2D eigenvalue weighted by molar-refractivity contribution is 7.88. The Hall–Kier alpha value is -2.65. The lowest BCUT2D eigenvalue weighted by Crippen LogP contribution is -2.69. The van der Waals surface area contributed by atoms with Gasteiger partial charge in [0.25, 0.3) is 0 Å². The minimum absolute atomic E-state index is 0.0821. The number of sulfonamides is 1. The fourth-order valence-electron chi connectivity index (χ4n) is 3.49. The molecule has 1 aliphatic heterocycles. The second kappa shape index (κ2) is 8.23. The second-order valence-corrected chi connectivity index (χ2v) is 9.95. The molecule has 0 aliphatic carbocycles. The number of amides is 2. The average molecular weight is 434 g/mol. The molecule has 1 atom stereocenters. The summed E-state index contributed by atoms with van der Waals surface area (Å²) < 4.78 is 30.9. The van der Waals surface area contributed by atoms with E-state index in [1.807, 2.05) is 31.2 Å². The van der Waals surface area contributed by atoms with E-state index in [1.165, 1.54) is 4.90 Å². The van der Waals surface area contributed by atoms with Crippen LogP contribution in [-0.2, 0) is 32.7 Å². The Bertz CT molecular complexity index is 1040. The van der Waals surface area contributed by atoms with Crippen LogP contribution in [-0.4, -0.2) is 54.3 Å². The first kappa shape index (κ1) is 22.0. The van der Waals surface area contributed by atoms with Gasteiger partial charge in [-0.05, 0) is 38.5 Å². The number of aryl methyl sites for hydroxylation is 2. The first-order chi connectivity index (χ1) is 14.0. The quantitative estimate of drug-likeness (QED) is 0.746. The van der Waals surface area contributed by atoms with Crippen molar-refractivity contribution in [1.82, 2.24) is 14.5 Å². The third-order valence-corrected chi connectivity index (χ3v) is 6.53. The van der Waals surface area contributed by atoms with Gasteiger partial charge in [0.15, 0.2) is 0 Å². The van der Waals surface area contributed by atoms with E-state index in [2.05, 4.69) is 5.32 Å². The van der Waals surface area contributed by atoms with E-state index >= 15 is 0 Å². The van der Waals surface area contributed by atoms with Crippen molar-refractivity contribution < 1.29 is 22.4 Å². The van der Waals surface area contributed by atoms with E-state index in [0.29, 0.717) is 11.5 Å². The van der Waals surface area contributed by atoms with Crippen LogP contribution in [0.25, 0.3) is 0 Å². The van der Waals surface area contributed by atoms with Crippen LogP contribution >= 0.6 is 0 Å². The Morgan fingerprint density at radius 2 is 1.83 bits per heavy atom. The molecule has 9 heteroatoms. The molecule has 0 spiro atoms. The highest BCUT2D eigenvalue weighted by Gasteiger charge is 2.49. The molecule has 162 valence electrons. The van der Waals surface area contributed by atoms with Crippen LogP contribution < -0.4 is 5.32 Å². The van der Waals surface area contributed by atoms with Crippen molar-refractivity contribution in [3.05, 3.63) is 59.0 Å². The van der Waals surface area contributed by atoms with E-state index in [9.17, 15) is 18.0 Å². The Morgan fingerprint density at radius 3 is 2.40 bits per heavy atom. The maximum atomic E-state index is 13.2. The first-order valence-electron chi connectivity index (χ1n) is 9.64. The molecule has 8 nitrogen and oxygen atoms in total. The van der Waals surface area contributed by atoms with Crippen molar-refractivity contribution in [2.45, 2.75) is 39.4 Å². The first-order valence-corrected chi connectivity index (χ1v) is 11.5. The molecule has 1 aromatic heterocycles. The topological polar surface area (TPSA) is 99.9 Å². The summed E-state index contributed by atoms with van der Waals surface area (Å²) in [5.74, 6) is 0.353. The van der Waals surface area contributed by atoms with E-state index in [0.717, 1.165) is 21.7 Å². The molecule has 0 radical (unpaired) electrons. The number of nitrogens with zero attached hydrogens (tertiary/aromatic N) is 2. The van der Waals surface area contributed by atoms with Gasteiger partial charge in [-0.25, -0.2) is 8.42 Å². The van der Waals surface area contributed by atoms with Gasteiger partial charge < -0.3 is 14.6 Å². The van der Waals surface area contributed by atoms with E-state index in [1.54, 1.807) is 26.0 Å². The number of piperazine rings is 1. The van der Waals surface area contributed by atoms with Crippen molar-refractivity contribution in [1.29, 1.82) is 0 Å². The lowest BCUT2D eigenvalue weighted by molar-refractivity contribution is -0.154. The molecular formula is C21H27N3O5S. The molecule has 2 amide bonds. The number of hydrogen-bond donors (Lipinski definition) is 1. The summed E-state index contributed by atoms with van der Waals surface area (Å²) in [7, 11) is -3.64. The fourth-order valence-corrected chi connectivity index (χ4v) is 4.32. The van der Waals surface area contributed by atoms with Gasteiger partial charge in [-0.3, -0.25) is 9.59 Å². The molecule has 1 aromatic carbocycles. The molecule has 3 rings (SSSR count). The average Bonchev–Trinajstić information content (AvgIpc) is 3.08. The van der Waals surface area contributed by atoms with Gasteiger partial charge in [-0.2, -0.15) is 4.31 Å². The summed E-state index contributed by atoms with van der Waals surface area (Å²) in [5, 5.41) is 2.86. The van der Waals surface area contributed by atoms with E-state index < -0.39 is 27.4 Å². The lowest BCUT2D eigenvalue weighted by Gasteiger charge is -2.46. The molecule has 30 heavy (non-hydrogen) atoms. The van der Waals surface area contributed by atoms with Gasteiger partial charge >= 0.3 is 0 Å². The van der Waals surface area contributed by atoms with Crippen molar-refractivity contribution in [3.8, 4) is 0 Å². The highest BCUT2D eigenvalue weighted by Crippen LogP contribution is 2.27. The molecule has 1 saturated heterocycles. The van der Waals surface area contributed by atoms with Crippen LogP contribution in [0.3, 0.4) is 0 Å². The minimum atomic E-state index is -3.64. The lowest BCUT2D eigenvalue weighted by atomic mass is 9.95. The number of hydrogen-bond acceptors (Lipinski definition) is 5. The Balaban J connectivity index is 1.86. The molecule has 2 aromatic rings. The molecule has 2 heterocycles. The van der Waals surface area contributed by atoms with Crippen LogP contribution in [0.1, 0.15) is 29.6 Å². The van der Waals surface area contributed by atoms with Crippen LogP contribution in [0.2, 0.25) is 0 Å². The number of carbonyl (C=O) groups excluding carboxylic acids is 2. The summed E-state index contributed by atoms with van der Waals surface area (Å²) in [6.07, 6.45) is 1.04. The van der Waals surface area contributed by atoms with E-state index in [4.69, 9.17) is 4.42 Å². The van der Waals surface area contributed by atoms with Crippen molar-refractivity contribution in [2.75, 3.05) is 19.3 Å². The van der Waals surface area contributed by atoms with Gasteiger partial charge in [0, 0.05) is 13.1 Å². The zero-order valence-electron chi connectivity index (χ0n) is 17.6. The van der Waals surface area contributed by atoms with Gasteiger partial charge in [-0.1, -0.05) is 29.8 Å². The van der Waals surface area contributed by atoms with Crippen LogP contribution in [0, 0.1) is 13.8 Å². The largest absolute Gasteiger partial charge is 0.464 e. The standard InChI is InChI=1S/C21H27N3O5S/c1-15-5-8-17(9-6-15)11-22-20(26)21(3)14-23(30(4,27)28)13-19(25)24(21)12-18-10-7-16(2)29-18/h5-10H,11-14H2,1-4H3,(H,22,26)/t21-/m1/s1. The fraction of sp³-hybridized carbons (Fsp3) is 0.429. The number of rotatable bonds is 6. The summed E-state index contributed by atoms with van der Waals surface area (Å²) >= 11 is 0. The summed E-state index contributed by atoms with van der Waals surface area (Å²) in [6, 6.07) is 11.2. The summed E-state index contributed by atoms with van der Waals surface area (Å²) in [4.78, 5) is 27.5. The minimum Gasteiger partial charge on any atom is -0.464 e. The zero-order valence-corrected chi connectivity index (χ0v) is 18.5. The van der Waals surface area contributed by atoms with Gasteiger partial charge in [0.2, 0.25) is 21.8 Å². The number of furan rings is 1. The second-order valence-electron chi connectivity index (χ2n) is 7.97. The van der Waals surface area contributed by atoms with Gasteiger partial charge in [0.1, 0.15) is 17.1 Å². The maximum absolute atomic E-state index is 13.2. The normalized spacial score (nSPS) is 20.4. The monoisotopic (exact) mass is 433 g/mol. The van der Waals surface area contributed by atoms with Crippen molar-refractivity contribution in [3.63, 3.8) is 0 Å². The van der Waals surface area contributed by atoms with Crippen molar-refractivity contribution >= 4 is 21.8 Å². The zero-order chi connectivity index (χ0) is 22.1. The van der Waals surface area contributed by atoms with Crippen LogP contribution in [0.4, 0.5) is 0 Å². The maximum Gasteiger partial charge on any atom is 0.247 e. The molecule has 0 saturated carbocycles. The number of carbonyl (C=O) groups is 2. The summed E-state index contributed by atoms with van der Waals surface area (Å²) in [5.41, 5.74) is 0.635. The SMILES string of the molecule is Cc1ccc(CNC(=O)[C@@]2(C)CN(S(C)(=O)=O)CC(=O)N2Cc2ccc(C)o2)cc1. The number of nitrogens with one attached hydrogen (secondary N) is 1. The third-order valence-electron chi connectivity index (χ3n) is 5.33. The molecular weight excluding hydrogens is 406 g/mol. The van der Waals surface area contributed by atoms with Crippen LogP contribution in [0.15, 0.2) is 40.8 Å². The van der Waals surface area contributed by atoms with Gasteiger partial charge in [0.05, 0.1) is 19.3 Å². The molecule has 1 fully saturated rings. The molecule has 1 aliphatic rings. The van der Waals surface area contributed by atoms with Crippen molar-refractivity contribution in [2.24, 2.45) is 0 Å². The summed E-state index contributed by atoms with van der Waals surface area (Å²) in [6.45, 7) is 5.28. The smallest absolute Gasteiger partial charge is 0.247 e. The molecule has 0 bridgehead atoms. The number of benzene rings is 1. The third kappa shape index (κ3) is 4.73. The predicted octanol–water partition coefficient (Wildman–Crippen LogP) is 1.58. The molecule has 0 unspecified atom stereocenters. The van der Waals surface area contributed by atoms with Gasteiger partial charge in [-0.15, -0.1) is 0 Å². The Kier molecular flexibility index (Phi) is 6.05. The van der Waals surface area contributed by atoms with E-state index in [-0.39, 0.29) is 26.2 Å². The Morgan fingerprint density at radius 1 is 1.17 bits per heavy atom. The Labute approximate surface area is 176 Å². The predicted molar refractivity (Wildman–Crippen MR) is 112 cm³/mol.